The molecule has 18 heavy (non-hydrogen) atoms. The molecule has 0 spiro atoms. The molecule has 0 unspecified atom stereocenters. The molecule has 5 heteroatoms. The van der Waals surface area contributed by atoms with Crippen LogP contribution < -0.4 is 5.73 Å². The highest BCUT2D eigenvalue weighted by Crippen LogP contribution is 2.21. The molecule has 0 heterocycles. The molecule has 0 fully saturated rings. The number of hydrogen-bond acceptors (Lipinski definition) is 3. The first-order valence-electron chi connectivity index (χ1n) is 5.96. The second-order valence-electron chi connectivity index (χ2n) is 3.96. The lowest BCUT2D eigenvalue weighted by molar-refractivity contribution is 0.460. The van der Waals surface area contributed by atoms with E-state index in [4.69, 9.17) is 5.73 Å². The van der Waals surface area contributed by atoms with Gasteiger partial charge < -0.3 is 5.73 Å². The predicted octanol–water partition coefficient (Wildman–Crippen LogP) is 2.03. The van der Waals surface area contributed by atoms with Gasteiger partial charge in [0.1, 0.15) is 0 Å². The summed E-state index contributed by atoms with van der Waals surface area (Å²) in [5.74, 6) is 0. The van der Waals surface area contributed by atoms with E-state index in [0.29, 0.717) is 18.8 Å². The van der Waals surface area contributed by atoms with Crippen molar-refractivity contribution in [2.45, 2.75) is 25.2 Å². The smallest absolute Gasteiger partial charge is 0.243 e. The molecular weight excluding hydrogens is 248 g/mol. The Balaban J connectivity index is 3.19. The molecule has 0 aliphatic carbocycles. The van der Waals surface area contributed by atoms with E-state index in [1.807, 2.05) is 6.92 Å². The lowest BCUT2D eigenvalue weighted by Gasteiger charge is -2.19. The van der Waals surface area contributed by atoms with Crippen molar-refractivity contribution in [3.05, 3.63) is 36.4 Å². The topological polar surface area (TPSA) is 63.4 Å². The fourth-order valence-electron chi connectivity index (χ4n) is 1.75. The minimum atomic E-state index is -3.48. The lowest BCUT2D eigenvalue weighted by Crippen LogP contribution is -2.31. The van der Waals surface area contributed by atoms with E-state index < -0.39 is 10.0 Å². The van der Waals surface area contributed by atoms with Crippen LogP contribution in [0, 0.1) is 0 Å². The zero-order valence-corrected chi connectivity index (χ0v) is 11.7. The van der Waals surface area contributed by atoms with Crippen LogP contribution >= 0.6 is 0 Å². The van der Waals surface area contributed by atoms with Crippen LogP contribution in [0.2, 0.25) is 0 Å². The van der Waals surface area contributed by atoms with Gasteiger partial charge in [-0.1, -0.05) is 26.0 Å². The summed E-state index contributed by atoms with van der Waals surface area (Å²) >= 11 is 0. The third-order valence-corrected chi connectivity index (χ3v) is 4.76. The van der Waals surface area contributed by atoms with Gasteiger partial charge in [0, 0.05) is 18.8 Å². The quantitative estimate of drug-likeness (QED) is 0.634. The Morgan fingerprint density at radius 2 is 2.06 bits per heavy atom. The van der Waals surface area contributed by atoms with E-state index in [0.717, 1.165) is 12.0 Å². The van der Waals surface area contributed by atoms with E-state index in [1.165, 1.54) is 10.4 Å². The SMILES string of the molecule is C=CCN(CC)S(=O)(=O)c1ccc(CC)c(N)c1. The highest BCUT2D eigenvalue weighted by molar-refractivity contribution is 7.89. The van der Waals surface area contributed by atoms with Crippen LogP contribution in [-0.4, -0.2) is 25.8 Å². The number of nitrogens with zero attached hydrogens (tertiary/aromatic N) is 1. The molecule has 100 valence electrons. The highest BCUT2D eigenvalue weighted by Gasteiger charge is 2.22. The number of nitrogens with two attached hydrogens (primary N) is 1. The molecule has 0 atom stereocenters. The van der Waals surface area contributed by atoms with Gasteiger partial charge >= 0.3 is 0 Å². The molecule has 2 N–H and O–H groups in total. The van der Waals surface area contributed by atoms with Crippen molar-refractivity contribution >= 4 is 15.7 Å². The lowest BCUT2D eigenvalue weighted by atomic mass is 10.1. The number of hydrogen-bond donors (Lipinski definition) is 1. The first kappa shape index (κ1) is 14.7. The summed E-state index contributed by atoms with van der Waals surface area (Å²) in [5, 5.41) is 0. The van der Waals surface area contributed by atoms with Gasteiger partial charge in [-0.3, -0.25) is 0 Å². The molecule has 0 aromatic heterocycles. The fourth-order valence-corrected chi connectivity index (χ4v) is 3.20. The van der Waals surface area contributed by atoms with Crippen molar-refractivity contribution in [2.75, 3.05) is 18.8 Å². The zero-order valence-electron chi connectivity index (χ0n) is 10.9. The number of aryl methyl sites for hydroxylation is 1. The number of rotatable bonds is 6. The van der Waals surface area contributed by atoms with Crippen molar-refractivity contribution in [3.8, 4) is 0 Å². The average molecular weight is 268 g/mol. The second-order valence-corrected chi connectivity index (χ2v) is 5.90. The van der Waals surface area contributed by atoms with Gasteiger partial charge in [-0.05, 0) is 24.1 Å². The van der Waals surface area contributed by atoms with E-state index in [-0.39, 0.29) is 4.90 Å². The summed E-state index contributed by atoms with van der Waals surface area (Å²) in [4.78, 5) is 0.237. The number of sulfonamides is 1. The molecule has 1 rings (SSSR count). The van der Waals surface area contributed by atoms with Gasteiger partial charge in [-0.2, -0.15) is 4.31 Å². The molecule has 0 radical (unpaired) electrons. The van der Waals surface area contributed by atoms with Crippen LogP contribution in [0.3, 0.4) is 0 Å². The molecule has 0 bridgehead atoms. The van der Waals surface area contributed by atoms with Gasteiger partial charge in [-0.15, -0.1) is 6.58 Å². The van der Waals surface area contributed by atoms with Gasteiger partial charge in [-0.25, -0.2) is 8.42 Å². The molecule has 0 aliphatic heterocycles. The monoisotopic (exact) mass is 268 g/mol. The van der Waals surface area contributed by atoms with Crippen molar-refractivity contribution in [1.82, 2.24) is 4.31 Å². The van der Waals surface area contributed by atoms with E-state index in [2.05, 4.69) is 6.58 Å². The van der Waals surface area contributed by atoms with Crippen LogP contribution in [0.15, 0.2) is 35.7 Å². The van der Waals surface area contributed by atoms with E-state index in [1.54, 1.807) is 25.1 Å². The molecule has 1 aromatic rings. The minimum Gasteiger partial charge on any atom is -0.398 e. The third kappa shape index (κ3) is 2.91. The number of nitrogen functional groups attached to an aromatic ring is 1. The third-order valence-electron chi connectivity index (χ3n) is 2.82. The van der Waals surface area contributed by atoms with E-state index >= 15 is 0 Å². The Bertz CT molecular complexity index is 524. The Morgan fingerprint density at radius 3 is 2.50 bits per heavy atom. The average Bonchev–Trinajstić information content (AvgIpc) is 2.35. The maximum Gasteiger partial charge on any atom is 0.243 e. The zero-order chi connectivity index (χ0) is 13.8. The highest BCUT2D eigenvalue weighted by atomic mass is 32.2. The second kappa shape index (κ2) is 6.02. The molecule has 0 saturated carbocycles. The number of benzene rings is 1. The van der Waals surface area contributed by atoms with Gasteiger partial charge in [0.15, 0.2) is 0 Å². The maximum atomic E-state index is 12.3. The predicted molar refractivity (Wildman–Crippen MR) is 74.9 cm³/mol. The van der Waals surface area contributed by atoms with Crippen molar-refractivity contribution in [2.24, 2.45) is 0 Å². The Labute approximate surface area is 109 Å². The number of likely N-dealkylation sites (N-methyl/N-ethyl adjacent to an activating group) is 1. The van der Waals surface area contributed by atoms with Gasteiger partial charge in [0.25, 0.3) is 0 Å². The summed E-state index contributed by atoms with van der Waals surface area (Å²) < 4.78 is 26.0. The van der Waals surface area contributed by atoms with Gasteiger partial charge in [0.05, 0.1) is 4.90 Å². The molecule has 4 nitrogen and oxygen atoms in total. The molecule has 0 aliphatic rings. The first-order chi connectivity index (χ1) is 8.47. The van der Waals surface area contributed by atoms with Crippen LogP contribution in [-0.2, 0) is 16.4 Å². The molecule has 0 amide bonds. The summed E-state index contributed by atoms with van der Waals surface area (Å²) in [5.41, 5.74) is 7.32. The molecule has 1 aromatic carbocycles. The van der Waals surface area contributed by atoms with Crippen LogP contribution in [0.25, 0.3) is 0 Å². The Hall–Kier alpha value is -1.33. The minimum absolute atomic E-state index is 0.237. The van der Waals surface area contributed by atoms with Crippen molar-refractivity contribution in [1.29, 1.82) is 0 Å². The normalized spacial score (nSPS) is 11.7. The van der Waals surface area contributed by atoms with Crippen LogP contribution in [0.4, 0.5) is 5.69 Å². The molecule has 0 saturated heterocycles. The Kier molecular flexibility index (Phi) is 4.93. The van der Waals surface area contributed by atoms with Crippen molar-refractivity contribution < 1.29 is 8.42 Å². The van der Waals surface area contributed by atoms with Gasteiger partial charge in [0.2, 0.25) is 10.0 Å². The first-order valence-corrected chi connectivity index (χ1v) is 7.40. The van der Waals surface area contributed by atoms with Crippen LogP contribution in [0.5, 0.6) is 0 Å². The maximum absolute atomic E-state index is 12.3. The summed E-state index contributed by atoms with van der Waals surface area (Å²) in [6.07, 6.45) is 2.36. The summed E-state index contributed by atoms with van der Waals surface area (Å²) in [7, 11) is -3.48. The molecular formula is C13H20N2O2S. The fraction of sp³-hybridized carbons (Fsp3) is 0.385. The summed E-state index contributed by atoms with van der Waals surface area (Å²) in [6, 6.07) is 4.90. The van der Waals surface area contributed by atoms with Crippen LogP contribution in [0.1, 0.15) is 19.4 Å². The Morgan fingerprint density at radius 1 is 1.39 bits per heavy atom. The number of anilines is 1. The van der Waals surface area contributed by atoms with E-state index in [9.17, 15) is 8.42 Å². The summed E-state index contributed by atoms with van der Waals surface area (Å²) in [6.45, 7) is 8.05. The standard InChI is InChI=1S/C13H20N2O2S/c1-4-9-15(6-3)18(16,17)12-8-7-11(5-2)13(14)10-12/h4,7-8,10H,1,5-6,9,14H2,2-3H3. The largest absolute Gasteiger partial charge is 0.398 e. The van der Waals surface area contributed by atoms with Crippen molar-refractivity contribution in [3.63, 3.8) is 0 Å².